The quantitative estimate of drug-likeness (QED) is 0.650. The highest BCUT2D eigenvalue weighted by atomic mass is 32.2. The van der Waals surface area contributed by atoms with E-state index in [1.165, 1.54) is 11.8 Å². The summed E-state index contributed by atoms with van der Waals surface area (Å²) < 4.78 is 0. The summed E-state index contributed by atoms with van der Waals surface area (Å²) >= 11 is 1.29. The van der Waals surface area contributed by atoms with E-state index < -0.39 is 0 Å². The van der Waals surface area contributed by atoms with Crippen LogP contribution in [0.4, 0.5) is 5.69 Å². The van der Waals surface area contributed by atoms with Crippen LogP contribution in [0.15, 0.2) is 28.2 Å². The lowest BCUT2D eigenvalue weighted by atomic mass is 9.97. The second kappa shape index (κ2) is 7.44. The van der Waals surface area contributed by atoms with Crippen LogP contribution in [0.1, 0.15) is 42.1 Å². The van der Waals surface area contributed by atoms with Gasteiger partial charge in [-0.3, -0.25) is 9.59 Å². The summed E-state index contributed by atoms with van der Waals surface area (Å²) in [6.07, 6.45) is 3.75. The van der Waals surface area contributed by atoms with Gasteiger partial charge in [0, 0.05) is 11.3 Å². The number of hydrogen-bond donors (Lipinski definition) is 2. The Hall–Kier alpha value is -2.08. The van der Waals surface area contributed by atoms with Crippen molar-refractivity contribution in [3.8, 4) is 0 Å². The molecule has 1 aliphatic rings. The van der Waals surface area contributed by atoms with Gasteiger partial charge in [0.2, 0.25) is 5.91 Å². The maximum absolute atomic E-state index is 12.5. The van der Waals surface area contributed by atoms with E-state index in [0.717, 1.165) is 53.8 Å². The summed E-state index contributed by atoms with van der Waals surface area (Å²) in [5, 5.41) is 3.16. The summed E-state index contributed by atoms with van der Waals surface area (Å²) in [4.78, 5) is 32.1. The van der Waals surface area contributed by atoms with Crippen molar-refractivity contribution in [1.82, 2.24) is 9.97 Å². The normalized spacial score (nSPS) is 14.7. The number of aryl methyl sites for hydroxylation is 3. The van der Waals surface area contributed by atoms with Gasteiger partial charge in [-0.25, -0.2) is 4.98 Å². The van der Waals surface area contributed by atoms with Gasteiger partial charge in [0.25, 0.3) is 5.56 Å². The minimum absolute atomic E-state index is 0.0606. The molecule has 1 aromatic heterocycles. The zero-order valence-electron chi connectivity index (χ0n) is 14.8. The Labute approximate surface area is 151 Å². The first-order valence-electron chi connectivity index (χ1n) is 8.61. The maximum Gasteiger partial charge on any atom is 0.254 e. The van der Waals surface area contributed by atoms with Crippen molar-refractivity contribution in [3.63, 3.8) is 0 Å². The van der Waals surface area contributed by atoms with E-state index >= 15 is 0 Å². The van der Waals surface area contributed by atoms with Gasteiger partial charge in [-0.05, 0) is 57.6 Å². The molecule has 25 heavy (non-hydrogen) atoms. The number of nitrogens with zero attached hydrogens (tertiary/aromatic N) is 1. The van der Waals surface area contributed by atoms with E-state index in [1.807, 2.05) is 39.0 Å². The van der Waals surface area contributed by atoms with E-state index in [2.05, 4.69) is 15.3 Å². The molecule has 1 heterocycles. The average molecular weight is 357 g/mol. The molecule has 0 spiro atoms. The Kier molecular flexibility index (Phi) is 5.27. The fourth-order valence-electron chi connectivity index (χ4n) is 3.09. The number of aromatic nitrogens is 2. The lowest BCUT2D eigenvalue weighted by Crippen LogP contribution is -2.25. The molecule has 1 aliphatic carbocycles. The predicted octanol–water partition coefficient (Wildman–Crippen LogP) is 3.38. The van der Waals surface area contributed by atoms with Gasteiger partial charge < -0.3 is 10.3 Å². The lowest BCUT2D eigenvalue weighted by molar-refractivity contribution is -0.115. The van der Waals surface area contributed by atoms with E-state index in [9.17, 15) is 9.59 Å². The number of benzene rings is 1. The summed E-state index contributed by atoms with van der Waals surface area (Å²) in [6.45, 7) is 5.78. The van der Waals surface area contributed by atoms with Gasteiger partial charge in [0.15, 0.2) is 5.16 Å². The van der Waals surface area contributed by atoms with Gasteiger partial charge in [0.05, 0.1) is 10.9 Å². The smallest absolute Gasteiger partial charge is 0.254 e. The molecule has 0 fully saturated rings. The molecule has 1 amide bonds. The van der Waals surface area contributed by atoms with Crippen molar-refractivity contribution < 1.29 is 4.79 Å². The molecule has 6 heteroatoms. The van der Waals surface area contributed by atoms with Gasteiger partial charge in [0.1, 0.15) is 0 Å². The van der Waals surface area contributed by atoms with Crippen molar-refractivity contribution in [3.05, 3.63) is 50.9 Å². The van der Waals surface area contributed by atoms with Gasteiger partial charge >= 0.3 is 0 Å². The third-order valence-corrected chi connectivity index (χ3v) is 5.54. The van der Waals surface area contributed by atoms with Crippen molar-refractivity contribution in [1.29, 1.82) is 0 Å². The molecule has 0 radical (unpaired) electrons. The first kappa shape index (κ1) is 17.7. The van der Waals surface area contributed by atoms with E-state index in [1.54, 1.807) is 0 Å². The molecular weight excluding hydrogens is 334 g/mol. The number of fused-ring (bicyclic) bond motifs is 1. The molecule has 0 aliphatic heterocycles. The SMILES string of the molecule is Cc1cccc(C)c1NC(=O)[C@H](C)Sc1nc2c(c(=O)[nH]1)CCCC2. The Balaban J connectivity index is 1.74. The van der Waals surface area contributed by atoms with E-state index in [4.69, 9.17) is 0 Å². The monoisotopic (exact) mass is 357 g/mol. The number of hydrogen-bond acceptors (Lipinski definition) is 4. The number of para-hydroxylation sites is 1. The van der Waals surface area contributed by atoms with Gasteiger partial charge in [-0.15, -0.1) is 0 Å². The van der Waals surface area contributed by atoms with Crippen molar-refractivity contribution >= 4 is 23.4 Å². The highest BCUT2D eigenvalue weighted by Gasteiger charge is 2.20. The van der Waals surface area contributed by atoms with Crippen LogP contribution in [-0.4, -0.2) is 21.1 Å². The first-order chi connectivity index (χ1) is 12.0. The number of aromatic amines is 1. The van der Waals surface area contributed by atoms with Crippen molar-refractivity contribution in [2.75, 3.05) is 5.32 Å². The van der Waals surface area contributed by atoms with Crippen LogP contribution in [0.2, 0.25) is 0 Å². The first-order valence-corrected chi connectivity index (χ1v) is 9.49. The molecule has 2 aromatic rings. The topological polar surface area (TPSA) is 74.8 Å². The Bertz CT molecular complexity index is 840. The van der Waals surface area contributed by atoms with Crippen molar-refractivity contribution in [2.24, 2.45) is 0 Å². The molecule has 0 unspecified atom stereocenters. The Morgan fingerprint density at radius 2 is 1.92 bits per heavy atom. The van der Waals surface area contributed by atoms with Crippen LogP contribution in [0, 0.1) is 13.8 Å². The minimum Gasteiger partial charge on any atom is -0.325 e. The standard InChI is InChI=1S/C19H23N3O2S/c1-11-7-6-8-12(2)16(11)21-17(23)13(3)25-19-20-15-10-5-4-9-14(15)18(24)22-19/h6-8,13H,4-5,9-10H2,1-3H3,(H,21,23)(H,20,22,24)/t13-/m0/s1. The van der Waals surface area contributed by atoms with Crippen LogP contribution in [0.25, 0.3) is 0 Å². The number of anilines is 1. The second-order valence-corrected chi connectivity index (χ2v) is 7.85. The highest BCUT2D eigenvalue weighted by Crippen LogP contribution is 2.25. The zero-order chi connectivity index (χ0) is 18.0. The molecule has 132 valence electrons. The number of thioether (sulfide) groups is 1. The van der Waals surface area contributed by atoms with E-state index in [0.29, 0.717) is 5.16 Å². The molecule has 0 bridgehead atoms. The Morgan fingerprint density at radius 1 is 1.24 bits per heavy atom. The van der Waals surface area contributed by atoms with Crippen LogP contribution in [0.3, 0.4) is 0 Å². The minimum atomic E-state index is -0.358. The van der Waals surface area contributed by atoms with Gasteiger partial charge in [-0.1, -0.05) is 30.0 Å². The number of H-pyrrole nitrogens is 1. The second-order valence-electron chi connectivity index (χ2n) is 6.52. The summed E-state index contributed by atoms with van der Waals surface area (Å²) in [7, 11) is 0. The van der Waals surface area contributed by atoms with Gasteiger partial charge in [-0.2, -0.15) is 0 Å². The van der Waals surface area contributed by atoms with Crippen LogP contribution in [0.5, 0.6) is 0 Å². The molecule has 0 saturated carbocycles. The summed E-state index contributed by atoms with van der Waals surface area (Å²) in [5.41, 5.74) is 4.56. The average Bonchev–Trinajstić information content (AvgIpc) is 2.58. The van der Waals surface area contributed by atoms with Crippen LogP contribution in [-0.2, 0) is 17.6 Å². The fraction of sp³-hybridized carbons (Fsp3) is 0.421. The lowest BCUT2D eigenvalue weighted by Gasteiger charge is -2.17. The number of nitrogens with one attached hydrogen (secondary N) is 2. The fourth-order valence-corrected chi connectivity index (χ4v) is 3.91. The number of rotatable bonds is 4. The van der Waals surface area contributed by atoms with Crippen molar-refractivity contribution in [2.45, 2.75) is 56.9 Å². The number of carbonyl (C=O) groups excluding carboxylic acids is 1. The number of carbonyl (C=O) groups is 1. The molecular formula is C19H23N3O2S. The Morgan fingerprint density at radius 3 is 2.64 bits per heavy atom. The highest BCUT2D eigenvalue weighted by molar-refractivity contribution is 8.00. The third kappa shape index (κ3) is 3.95. The zero-order valence-corrected chi connectivity index (χ0v) is 15.6. The summed E-state index contributed by atoms with van der Waals surface area (Å²) in [6, 6.07) is 5.92. The molecule has 1 aromatic carbocycles. The van der Waals surface area contributed by atoms with Crippen LogP contribution < -0.4 is 10.9 Å². The van der Waals surface area contributed by atoms with E-state index in [-0.39, 0.29) is 16.7 Å². The number of amides is 1. The summed E-state index contributed by atoms with van der Waals surface area (Å²) in [5.74, 6) is -0.0947. The largest absolute Gasteiger partial charge is 0.325 e. The predicted molar refractivity (Wildman–Crippen MR) is 101 cm³/mol. The molecule has 5 nitrogen and oxygen atoms in total. The molecule has 0 saturated heterocycles. The third-order valence-electron chi connectivity index (χ3n) is 4.56. The molecule has 3 rings (SSSR count). The van der Waals surface area contributed by atoms with Crippen LogP contribution >= 0.6 is 11.8 Å². The molecule has 1 atom stereocenters. The maximum atomic E-state index is 12.5. The molecule has 2 N–H and O–H groups in total.